The second kappa shape index (κ2) is 7.18. The van der Waals surface area contributed by atoms with Crippen molar-refractivity contribution in [2.24, 2.45) is 0 Å². The van der Waals surface area contributed by atoms with Crippen LogP contribution < -0.4 is 10.6 Å². The molecule has 1 saturated heterocycles. The Bertz CT molecular complexity index is 471. The summed E-state index contributed by atoms with van der Waals surface area (Å²) in [5.74, 6) is 1.14. The molecule has 20 heavy (non-hydrogen) atoms. The van der Waals surface area contributed by atoms with E-state index in [0.717, 1.165) is 24.3 Å². The van der Waals surface area contributed by atoms with E-state index < -0.39 is 5.97 Å². The second-order valence-corrected chi connectivity index (χ2v) is 5.81. The normalized spacial score (nSPS) is 15.8. The van der Waals surface area contributed by atoms with Gasteiger partial charge >= 0.3 is 12.0 Å². The van der Waals surface area contributed by atoms with Crippen molar-refractivity contribution in [2.75, 3.05) is 18.1 Å². The van der Waals surface area contributed by atoms with Crippen molar-refractivity contribution in [1.29, 1.82) is 0 Å². The third kappa shape index (κ3) is 4.44. The number of carboxylic acids is 1. The van der Waals surface area contributed by atoms with Gasteiger partial charge in [-0.25, -0.2) is 14.6 Å². The fourth-order valence-corrected chi connectivity index (χ4v) is 3.08. The number of urea groups is 1. The summed E-state index contributed by atoms with van der Waals surface area (Å²) in [5.41, 5.74) is 0.00848. The molecule has 0 bridgehead atoms. The van der Waals surface area contributed by atoms with Crippen molar-refractivity contribution in [2.45, 2.75) is 25.4 Å². The predicted molar refractivity (Wildman–Crippen MR) is 76.1 cm³/mol. The molecule has 0 aromatic carbocycles. The van der Waals surface area contributed by atoms with Gasteiger partial charge in [0.1, 0.15) is 0 Å². The smallest absolute Gasteiger partial charge is 0.356 e. The van der Waals surface area contributed by atoms with Gasteiger partial charge in [0, 0.05) is 25.3 Å². The maximum absolute atomic E-state index is 11.7. The van der Waals surface area contributed by atoms with E-state index in [0.29, 0.717) is 13.1 Å². The number of hydrogen-bond acceptors (Lipinski definition) is 4. The van der Waals surface area contributed by atoms with E-state index in [2.05, 4.69) is 15.6 Å². The van der Waals surface area contributed by atoms with E-state index in [4.69, 9.17) is 5.11 Å². The lowest BCUT2D eigenvalue weighted by molar-refractivity contribution is 0.0691. The number of aromatic nitrogens is 2. The molecule has 1 aliphatic heterocycles. The number of thioether (sulfide) groups is 1. The molecular formula is C12H18N4O3S. The predicted octanol–water partition coefficient (Wildman–Crippen LogP) is 0.776. The van der Waals surface area contributed by atoms with E-state index >= 15 is 0 Å². The third-order valence-corrected chi connectivity index (χ3v) is 4.11. The summed E-state index contributed by atoms with van der Waals surface area (Å²) in [4.78, 5) is 26.1. The zero-order valence-electron chi connectivity index (χ0n) is 11.0. The van der Waals surface area contributed by atoms with Gasteiger partial charge < -0.3 is 20.3 Å². The summed E-state index contributed by atoms with van der Waals surface area (Å²) in [5, 5.41) is 14.4. The molecule has 1 aromatic heterocycles. The van der Waals surface area contributed by atoms with Crippen LogP contribution in [-0.2, 0) is 6.54 Å². The minimum absolute atomic E-state index is 0.00848. The molecule has 110 valence electrons. The maximum atomic E-state index is 11.7. The Morgan fingerprint density at radius 2 is 2.20 bits per heavy atom. The van der Waals surface area contributed by atoms with Crippen LogP contribution in [0, 0.1) is 0 Å². The summed E-state index contributed by atoms with van der Waals surface area (Å²) in [6.07, 6.45) is 4.92. The van der Waals surface area contributed by atoms with Crippen LogP contribution in [0.5, 0.6) is 0 Å². The van der Waals surface area contributed by atoms with Crippen molar-refractivity contribution < 1.29 is 14.7 Å². The van der Waals surface area contributed by atoms with Crippen LogP contribution >= 0.6 is 11.8 Å². The quantitative estimate of drug-likeness (QED) is 0.746. The van der Waals surface area contributed by atoms with Crippen molar-refractivity contribution in [3.63, 3.8) is 0 Å². The number of imidazole rings is 1. The number of nitrogens with one attached hydrogen (secondary N) is 2. The van der Waals surface area contributed by atoms with Gasteiger partial charge in [0.25, 0.3) is 0 Å². The molecule has 8 heteroatoms. The van der Waals surface area contributed by atoms with Crippen LogP contribution in [0.3, 0.4) is 0 Å². The highest BCUT2D eigenvalue weighted by Gasteiger charge is 2.15. The molecule has 0 aliphatic carbocycles. The first-order valence-corrected chi connectivity index (χ1v) is 7.68. The fraction of sp³-hybridized carbons (Fsp3) is 0.583. The lowest BCUT2D eigenvalue weighted by Gasteiger charge is -2.22. The molecule has 1 aromatic rings. The molecule has 2 rings (SSSR count). The monoisotopic (exact) mass is 298 g/mol. The molecule has 2 amide bonds. The van der Waals surface area contributed by atoms with Crippen LogP contribution in [0.15, 0.2) is 12.5 Å². The highest BCUT2D eigenvalue weighted by Crippen LogP contribution is 2.16. The molecule has 1 fully saturated rings. The van der Waals surface area contributed by atoms with Crippen molar-refractivity contribution in [3.8, 4) is 0 Å². The number of nitrogens with zero attached hydrogens (tertiary/aromatic N) is 2. The van der Waals surface area contributed by atoms with Crippen molar-refractivity contribution >= 4 is 23.8 Å². The van der Waals surface area contributed by atoms with Gasteiger partial charge in [-0.05, 0) is 24.3 Å². The maximum Gasteiger partial charge on any atom is 0.356 e. The number of aromatic carboxylic acids is 1. The van der Waals surface area contributed by atoms with Gasteiger partial charge in [-0.2, -0.15) is 11.8 Å². The standard InChI is InChI=1S/C12H18N4O3S/c17-11(18)10-7-16(8-14-10)4-3-13-12(19)15-9-1-5-20-6-2-9/h7-9H,1-6H2,(H,17,18)(H2,13,15,19). The minimum atomic E-state index is -1.05. The minimum Gasteiger partial charge on any atom is -0.476 e. The average molecular weight is 298 g/mol. The van der Waals surface area contributed by atoms with Crippen LogP contribution in [-0.4, -0.2) is 50.8 Å². The molecule has 0 radical (unpaired) electrons. The van der Waals surface area contributed by atoms with Gasteiger partial charge in [0.05, 0.1) is 6.33 Å². The third-order valence-electron chi connectivity index (χ3n) is 3.06. The Hall–Kier alpha value is -1.70. The topological polar surface area (TPSA) is 96.2 Å². The van der Waals surface area contributed by atoms with E-state index in [9.17, 15) is 9.59 Å². The van der Waals surface area contributed by atoms with Crippen LogP contribution in [0.1, 0.15) is 23.3 Å². The van der Waals surface area contributed by atoms with E-state index in [-0.39, 0.29) is 17.8 Å². The highest BCUT2D eigenvalue weighted by molar-refractivity contribution is 7.99. The van der Waals surface area contributed by atoms with E-state index in [1.54, 1.807) is 4.57 Å². The Morgan fingerprint density at radius 3 is 2.85 bits per heavy atom. The fourth-order valence-electron chi connectivity index (χ4n) is 1.97. The Morgan fingerprint density at radius 1 is 1.45 bits per heavy atom. The second-order valence-electron chi connectivity index (χ2n) is 4.59. The van der Waals surface area contributed by atoms with Gasteiger partial charge in [0.15, 0.2) is 5.69 Å². The number of amides is 2. The first-order valence-electron chi connectivity index (χ1n) is 6.52. The molecule has 2 heterocycles. The Kier molecular flexibility index (Phi) is 5.28. The van der Waals surface area contributed by atoms with Crippen LogP contribution in [0.2, 0.25) is 0 Å². The molecule has 7 nitrogen and oxygen atoms in total. The summed E-state index contributed by atoms with van der Waals surface area (Å²) in [6.45, 7) is 0.928. The zero-order valence-corrected chi connectivity index (χ0v) is 11.9. The van der Waals surface area contributed by atoms with Crippen molar-refractivity contribution in [1.82, 2.24) is 20.2 Å². The Labute approximate surface area is 121 Å². The van der Waals surface area contributed by atoms with Crippen molar-refractivity contribution in [3.05, 3.63) is 18.2 Å². The number of carbonyl (C=O) groups is 2. The molecule has 0 unspecified atom stereocenters. The van der Waals surface area contributed by atoms with E-state index in [1.165, 1.54) is 12.5 Å². The lowest BCUT2D eigenvalue weighted by Crippen LogP contribution is -2.44. The molecule has 0 spiro atoms. The first kappa shape index (κ1) is 14.7. The molecular weight excluding hydrogens is 280 g/mol. The average Bonchev–Trinajstić information content (AvgIpc) is 2.89. The largest absolute Gasteiger partial charge is 0.476 e. The first-order chi connectivity index (χ1) is 9.65. The number of rotatable bonds is 5. The molecule has 3 N–H and O–H groups in total. The summed E-state index contributed by atoms with van der Waals surface area (Å²) in [6, 6.07) is 0.101. The highest BCUT2D eigenvalue weighted by atomic mass is 32.2. The number of carboxylic acid groups (broad SMARTS) is 1. The van der Waals surface area contributed by atoms with Gasteiger partial charge in [-0.3, -0.25) is 0 Å². The molecule has 1 aliphatic rings. The van der Waals surface area contributed by atoms with E-state index in [1.807, 2.05) is 11.8 Å². The van der Waals surface area contributed by atoms with Gasteiger partial charge in [-0.1, -0.05) is 0 Å². The number of hydrogen-bond donors (Lipinski definition) is 3. The summed E-state index contributed by atoms with van der Waals surface area (Å²) in [7, 11) is 0. The molecule has 0 atom stereocenters. The zero-order chi connectivity index (χ0) is 14.4. The summed E-state index contributed by atoms with van der Waals surface area (Å²) >= 11 is 1.92. The Balaban J connectivity index is 1.66. The number of carbonyl (C=O) groups excluding carboxylic acids is 1. The SMILES string of the molecule is O=C(NCCn1cnc(C(=O)O)c1)NC1CCSCC1. The van der Waals surface area contributed by atoms with Crippen LogP contribution in [0.25, 0.3) is 0 Å². The van der Waals surface area contributed by atoms with Gasteiger partial charge in [0.2, 0.25) is 0 Å². The van der Waals surface area contributed by atoms with Crippen LogP contribution in [0.4, 0.5) is 4.79 Å². The summed E-state index contributed by atoms with van der Waals surface area (Å²) < 4.78 is 1.64. The van der Waals surface area contributed by atoms with Gasteiger partial charge in [-0.15, -0.1) is 0 Å². The molecule has 0 saturated carbocycles. The lowest BCUT2D eigenvalue weighted by atomic mass is 10.2.